The van der Waals surface area contributed by atoms with Crippen LogP contribution in [0.4, 0.5) is 10.5 Å². The highest BCUT2D eigenvalue weighted by Crippen LogP contribution is 2.33. The van der Waals surface area contributed by atoms with Crippen molar-refractivity contribution in [2.75, 3.05) is 24.6 Å². The second kappa shape index (κ2) is 8.59. The number of carbonyl (C=O) groups is 4. The first kappa shape index (κ1) is 20.6. The highest BCUT2D eigenvalue weighted by Gasteiger charge is 2.35. The number of nitrogens with zero attached hydrogens (tertiary/aromatic N) is 1. The van der Waals surface area contributed by atoms with E-state index in [9.17, 15) is 19.2 Å². The van der Waals surface area contributed by atoms with Gasteiger partial charge in [-0.15, -0.1) is 0 Å². The Hall–Kier alpha value is -3.68. The summed E-state index contributed by atoms with van der Waals surface area (Å²) in [7, 11) is 0. The van der Waals surface area contributed by atoms with Crippen molar-refractivity contribution in [2.45, 2.75) is 19.4 Å². The van der Waals surface area contributed by atoms with Crippen LogP contribution in [0.3, 0.4) is 0 Å². The molecule has 8 nitrogen and oxygen atoms in total. The Morgan fingerprint density at radius 2 is 1.90 bits per heavy atom. The molecule has 1 N–H and O–H groups in total. The van der Waals surface area contributed by atoms with E-state index in [0.717, 1.165) is 0 Å². The fraction of sp³-hybridized carbons (Fsp3) is 0.304. The minimum Gasteiger partial charge on any atom is -0.493 e. The first-order valence-corrected chi connectivity index (χ1v) is 10.1. The third kappa shape index (κ3) is 4.28. The number of ether oxygens (including phenoxy) is 2. The van der Waals surface area contributed by atoms with Crippen LogP contribution in [0, 0.1) is 5.92 Å². The van der Waals surface area contributed by atoms with Crippen LogP contribution in [0.2, 0.25) is 0 Å². The Balaban J connectivity index is 1.54. The number of hydrogen-bond acceptors (Lipinski definition) is 6. The maximum absolute atomic E-state index is 13.1. The summed E-state index contributed by atoms with van der Waals surface area (Å²) < 4.78 is 11.1. The number of anilines is 1. The molecule has 2 heterocycles. The van der Waals surface area contributed by atoms with Crippen LogP contribution < -0.4 is 15.0 Å². The van der Waals surface area contributed by atoms with Crippen LogP contribution in [-0.4, -0.2) is 49.4 Å². The van der Waals surface area contributed by atoms with Gasteiger partial charge >= 0.3 is 6.09 Å². The minimum atomic E-state index is -0.812. The molecular formula is C23H22N2O6. The summed E-state index contributed by atoms with van der Waals surface area (Å²) in [6.07, 6.45) is -0.723. The minimum absolute atomic E-state index is 0.203. The van der Waals surface area contributed by atoms with Gasteiger partial charge in [0.25, 0.3) is 0 Å². The topological polar surface area (TPSA) is 102 Å². The number of benzene rings is 2. The van der Waals surface area contributed by atoms with Gasteiger partial charge in [-0.2, -0.15) is 0 Å². The first-order chi connectivity index (χ1) is 14.9. The lowest BCUT2D eigenvalue weighted by Gasteiger charge is -2.16. The van der Waals surface area contributed by atoms with Gasteiger partial charge in [0.2, 0.25) is 5.91 Å². The maximum atomic E-state index is 13.1. The van der Waals surface area contributed by atoms with Gasteiger partial charge in [-0.05, 0) is 18.6 Å². The molecule has 0 aromatic heterocycles. The number of cyclic esters (lactones) is 1. The van der Waals surface area contributed by atoms with E-state index in [0.29, 0.717) is 22.6 Å². The Kier molecular flexibility index (Phi) is 5.70. The number of ketones is 2. The van der Waals surface area contributed by atoms with Gasteiger partial charge in [-0.25, -0.2) is 4.79 Å². The third-order valence-electron chi connectivity index (χ3n) is 5.35. The molecule has 2 aromatic rings. The molecule has 2 aromatic carbocycles. The molecule has 160 valence electrons. The SMILES string of the molecule is CC(=O)NCC1CN(c2ccc3c(c2)OCCC(C(=O)c2ccccc2)C3=O)C(=O)O1. The van der Waals surface area contributed by atoms with Crippen LogP contribution in [0.25, 0.3) is 0 Å². The van der Waals surface area contributed by atoms with Gasteiger partial charge in [0, 0.05) is 18.6 Å². The number of nitrogens with one attached hydrogen (secondary N) is 1. The quantitative estimate of drug-likeness (QED) is 0.587. The van der Waals surface area contributed by atoms with Crippen molar-refractivity contribution in [2.24, 2.45) is 5.92 Å². The largest absolute Gasteiger partial charge is 0.493 e. The van der Waals surface area contributed by atoms with Crippen molar-refractivity contribution in [3.63, 3.8) is 0 Å². The zero-order chi connectivity index (χ0) is 22.0. The Labute approximate surface area is 179 Å². The summed E-state index contributed by atoms with van der Waals surface area (Å²) in [6.45, 7) is 2.09. The van der Waals surface area contributed by atoms with E-state index in [1.807, 2.05) is 6.07 Å². The van der Waals surface area contributed by atoms with E-state index in [2.05, 4.69) is 5.32 Å². The van der Waals surface area contributed by atoms with Crippen molar-refractivity contribution in [3.8, 4) is 5.75 Å². The van der Waals surface area contributed by atoms with Gasteiger partial charge in [0.1, 0.15) is 11.9 Å². The molecule has 1 saturated heterocycles. The Bertz CT molecular complexity index is 1040. The molecule has 0 spiro atoms. The Morgan fingerprint density at radius 3 is 2.65 bits per heavy atom. The molecule has 2 aliphatic rings. The van der Waals surface area contributed by atoms with Crippen molar-refractivity contribution >= 4 is 29.3 Å². The van der Waals surface area contributed by atoms with E-state index >= 15 is 0 Å². The number of fused-ring (bicyclic) bond motifs is 1. The summed E-state index contributed by atoms with van der Waals surface area (Å²) >= 11 is 0. The van der Waals surface area contributed by atoms with Gasteiger partial charge < -0.3 is 14.8 Å². The molecule has 1 fully saturated rings. The number of carbonyl (C=O) groups excluding carboxylic acids is 4. The van der Waals surface area contributed by atoms with E-state index in [4.69, 9.17) is 9.47 Å². The molecule has 2 atom stereocenters. The van der Waals surface area contributed by atoms with Crippen molar-refractivity contribution < 1.29 is 28.7 Å². The summed E-state index contributed by atoms with van der Waals surface area (Å²) in [5, 5.41) is 2.63. The monoisotopic (exact) mass is 422 g/mol. The number of amides is 2. The number of rotatable bonds is 5. The highest BCUT2D eigenvalue weighted by atomic mass is 16.6. The second-order valence-electron chi connectivity index (χ2n) is 7.52. The van der Waals surface area contributed by atoms with Crippen LogP contribution in [-0.2, 0) is 9.53 Å². The van der Waals surface area contributed by atoms with Crippen molar-refractivity contribution in [1.29, 1.82) is 0 Å². The van der Waals surface area contributed by atoms with Crippen molar-refractivity contribution in [1.82, 2.24) is 5.32 Å². The summed E-state index contributed by atoms with van der Waals surface area (Å²) in [5.74, 6) is -1.20. The molecule has 2 aliphatic heterocycles. The van der Waals surface area contributed by atoms with Gasteiger partial charge in [0.15, 0.2) is 11.6 Å². The van der Waals surface area contributed by atoms with Gasteiger partial charge in [-0.1, -0.05) is 30.3 Å². The first-order valence-electron chi connectivity index (χ1n) is 10.1. The predicted octanol–water partition coefficient (Wildman–Crippen LogP) is 2.61. The third-order valence-corrected chi connectivity index (χ3v) is 5.35. The maximum Gasteiger partial charge on any atom is 0.414 e. The lowest BCUT2D eigenvalue weighted by Crippen LogP contribution is -2.33. The van der Waals surface area contributed by atoms with E-state index in [-0.39, 0.29) is 43.6 Å². The van der Waals surface area contributed by atoms with Crippen LogP contribution in [0.5, 0.6) is 5.75 Å². The lowest BCUT2D eigenvalue weighted by molar-refractivity contribution is -0.119. The normalized spacial score (nSPS) is 20.4. The molecule has 0 saturated carbocycles. The standard InChI is InChI=1S/C23H22N2O6/c1-14(26)24-12-17-13-25(23(29)31-17)16-7-8-18-20(11-16)30-10-9-19(22(18)28)21(27)15-5-3-2-4-6-15/h2-8,11,17,19H,9-10,12-13H2,1H3,(H,24,26). The summed E-state index contributed by atoms with van der Waals surface area (Å²) in [4.78, 5) is 50.7. The summed E-state index contributed by atoms with van der Waals surface area (Å²) in [5.41, 5.74) is 1.33. The Morgan fingerprint density at radius 1 is 1.13 bits per heavy atom. The fourth-order valence-corrected chi connectivity index (χ4v) is 3.76. The lowest BCUT2D eigenvalue weighted by atomic mass is 9.88. The molecule has 31 heavy (non-hydrogen) atoms. The number of hydrogen-bond donors (Lipinski definition) is 1. The fourth-order valence-electron chi connectivity index (χ4n) is 3.76. The van der Waals surface area contributed by atoms with E-state index in [1.54, 1.807) is 42.5 Å². The number of Topliss-reactive ketones (excluding diaryl/α,β-unsaturated/α-hetero) is 2. The smallest absolute Gasteiger partial charge is 0.414 e. The molecule has 0 radical (unpaired) electrons. The average Bonchev–Trinajstić information content (AvgIpc) is 3.07. The zero-order valence-electron chi connectivity index (χ0n) is 17.0. The molecule has 0 bridgehead atoms. The average molecular weight is 422 g/mol. The molecule has 8 heteroatoms. The second-order valence-corrected chi connectivity index (χ2v) is 7.52. The van der Waals surface area contributed by atoms with Crippen LogP contribution in [0.1, 0.15) is 34.1 Å². The molecule has 4 rings (SSSR count). The van der Waals surface area contributed by atoms with Crippen LogP contribution >= 0.6 is 0 Å². The van der Waals surface area contributed by atoms with Gasteiger partial charge in [0.05, 0.1) is 36.9 Å². The van der Waals surface area contributed by atoms with E-state index < -0.39 is 18.1 Å². The highest BCUT2D eigenvalue weighted by molar-refractivity contribution is 6.17. The molecule has 2 amide bonds. The predicted molar refractivity (Wildman–Crippen MR) is 111 cm³/mol. The molecule has 2 unspecified atom stereocenters. The van der Waals surface area contributed by atoms with Crippen molar-refractivity contribution in [3.05, 3.63) is 59.7 Å². The summed E-state index contributed by atoms with van der Waals surface area (Å²) in [6, 6.07) is 13.6. The zero-order valence-corrected chi connectivity index (χ0v) is 17.0. The molecular weight excluding hydrogens is 400 g/mol. The van der Waals surface area contributed by atoms with E-state index in [1.165, 1.54) is 11.8 Å². The van der Waals surface area contributed by atoms with Crippen LogP contribution in [0.15, 0.2) is 48.5 Å². The van der Waals surface area contributed by atoms with Gasteiger partial charge in [-0.3, -0.25) is 19.3 Å². The molecule has 0 aliphatic carbocycles.